The van der Waals surface area contributed by atoms with Crippen LogP contribution in [-0.4, -0.2) is 17.7 Å². The summed E-state index contributed by atoms with van der Waals surface area (Å²) in [7, 11) is 0. The van der Waals surface area contributed by atoms with Crippen LogP contribution >= 0.6 is 11.6 Å². The molecule has 4 heteroatoms. The number of unbranched alkanes of at least 4 members (excludes halogenated alkanes) is 1. The first-order valence-corrected chi connectivity index (χ1v) is 17.1. The monoisotopic (exact) mass is 638 g/mol. The second-order valence-electron chi connectivity index (χ2n) is 11.6. The lowest BCUT2D eigenvalue weighted by atomic mass is 9.14. The van der Waals surface area contributed by atoms with Gasteiger partial charge in [-0.15, -0.1) is 0 Å². The van der Waals surface area contributed by atoms with Crippen LogP contribution in [0.2, 0.25) is 11.3 Å². The number of Topliss-reactive ketones (excluding diaryl/α,β-unsaturated/α-hetero) is 1. The van der Waals surface area contributed by atoms with Crippen LogP contribution in [0, 0.1) is 0 Å². The highest BCUT2D eigenvalue weighted by Crippen LogP contribution is 2.40. The Morgan fingerprint density at radius 3 is 1.35 bits per heavy atom. The molecule has 6 rings (SSSR count). The van der Waals surface area contributed by atoms with Crippen molar-refractivity contribution < 1.29 is 4.79 Å². The summed E-state index contributed by atoms with van der Waals surface area (Å²) in [5.74, 6) is 0.310. The number of rotatable bonds is 10. The minimum absolute atomic E-state index is 0.0365. The SMILES string of the molecule is CCCC[B-](c1ccccc1)(c1ccccc1)c1ccccc1.O=C(C[SH2+])c1ccc(Cl)c(-c2ccccc2)c1-c1ccccc1. The molecule has 0 aliphatic carbocycles. The highest BCUT2D eigenvalue weighted by molar-refractivity contribution is 7.59. The number of hydrogen-bond acceptors (Lipinski definition) is 1. The average molecular weight is 639 g/mol. The van der Waals surface area contributed by atoms with Crippen molar-refractivity contribution in [3.63, 3.8) is 0 Å². The molecule has 6 aromatic rings. The van der Waals surface area contributed by atoms with Crippen LogP contribution < -0.4 is 16.4 Å². The highest BCUT2D eigenvalue weighted by atomic mass is 35.5. The van der Waals surface area contributed by atoms with Crippen molar-refractivity contribution in [1.29, 1.82) is 0 Å². The van der Waals surface area contributed by atoms with Gasteiger partial charge in [-0.1, -0.05) is 183 Å². The summed E-state index contributed by atoms with van der Waals surface area (Å²) in [6.45, 7) is 2.28. The zero-order valence-electron chi connectivity index (χ0n) is 26.3. The molecule has 0 aliphatic heterocycles. The number of halogens is 1. The molecule has 0 fully saturated rings. The summed E-state index contributed by atoms with van der Waals surface area (Å²) in [6, 6.07) is 56.6. The molecule has 0 unspecified atom stereocenters. The maximum absolute atomic E-state index is 12.4. The lowest BCUT2D eigenvalue weighted by Crippen LogP contribution is -2.66. The van der Waals surface area contributed by atoms with Crippen molar-refractivity contribution in [2.75, 3.05) is 5.75 Å². The van der Waals surface area contributed by atoms with E-state index in [4.69, 9.17) is 11.6 Å². The molecular weight excluding hydrogens is 599 g/mol. The van der Waals surface area contributed by atoms with Crippen LogP contribution in [0.4, 0.5) is 0 Å². The van der Waals surface area contributed by atoms with E-state index in [1.807, 2.05) is 60.7 Å². The fraction of sp³-hybridized carbons (Fsp3) is 0.119. The largest absolute Gasteiger partial charge is 0.289 e. The summed E-state index contributed by atoms with van der Waals surface area (Å²) in [6.07, 6.45) is 2.73. The summed E-state index contributed by atoms with van der Waals surface area (Å²) in [5, 5.41) is 0.639. The molecule has 0 saturated heterocycles. The number of carbonyl (C=O) groups is 1. The second kappa shape index (κ2) is 16.3. The van der Waals surface area contributed by atoms with E-state index >= 15 is 0 Å². The molecule has 0 aliphatic rings. The van der Waals surface area contributed by atoms with Gasteiger partial charge in [-0.05, 0) is 35.9 Å². The Morgan fingerprint density at radius 2 is 0.957 bits per heavy atom. The molecule has 0 radical (unpaired) electrons. The summed E-state index contributed by atoms with van der Waals surface area (Å²) < 4.78 is 0. The van der Waals surface area contributed by atoms with Gasteiger partial charge in [-0.3, -0.25) is 4.79 Å². The molecule has 0 saturated carbocycles. The van der Waals surface area contributed by atoms with Crippen molar-refractivity contribution in [2.45, 2.75) is 26.1 Å². The van der Waals surface area contributed by atoms with Gasteiger partial charge in [0, 0.05) is 21.7 Å². The minimum Gasteiger partial charge on any atom is -0.289 e. The van der Waals surface area contributed by atoms with Crippen LogP contribution in [-0.2, 0) is 12.6 Å². The maximum Gasteiger partial charge on any atom is 0.212 e. The van der Waals surface area contributed by atoms with Crippen LogP contribution in [0.15, 0.2) is 164 Å². The smallest absolute Gasteiger partial charge is 0.212 e. The minimum atomic E-state index is -0.913. The highest BCUT2D eigenvalue weighted by Gasteiger charge is 2.29. The topological polar surface area (TPSA) is 17.1 Å². The Morgan fingerprint density at radius 1 is 0.565 bits per heavy atom. The number of carbonyl (C=O) groups excluding carboxylic acids is 1. The summed E-state index contributed by atoms with van der Waals surface area (Å²) in [4.78, 5) is 12.4. The van der Waals surface area contributed by atoms with Crippen LogP contribution in [0.3, 0.4) is 0 Å². The van der Waals surface area contributed by atoms with Crippen LogP contribution in [0.25, 0.3) is 22.3 Å². The molecule has 0 aromatic heterocycles. The van der Waals surface area contributed by atoms with Crippen molar-refractivity contribution in [2.24, 2.45) is 0 Å². The van der Waals surface area contributed by atoms with E-state index in [1.165, 1.54) is 35.6 Å². The number of benzene rings is 6. The average Bonchev–Trinajstić information content (AvgIpc) is 3.14. The molecule has 0 bridgehead atoms. The van der Waals surface area contributed by atoms with Crippen molar-refractivity contribution in [1.82, 2.24) is 0 Å². The van der Waals surface area contributed by atoms with Gasteiger partial charge in [0.05, 0.1) is 6.15 Å². The standard InChI is InChI=1S/C22H24B.C20H15ClOS/c1-2-3-19-23(20-13-7-4-8-14-20,21-15-9-5-10-16-21)22-17-11-6-12-18-22;21-17-12-11-16(18(22)13-23)19(14-7-3-1-4-8-14)20(17)15-9-5-2-6-10-15/h4-18H,2-3,19H2,1H3;1-12,23H,13H2/q-1;/p+1. The third-order valence-electron chi connectivity index (χ3n) is 8.84. The Hall–Kier alpha value is -4.31. The van der Waals surface area contributed by atoms with E-state index in [9.17, 15) is 4.79 Å². The fourth-order valence-corrected chi connectivity index (χ4v) is 7.09. The molecule has 0 N–H and O–H groups in total. The second-order valence-corrected chi connectivity index (χ2v) is 12.4. The van der Waals surface area contributed by atoms with E-state index in [0.29, 0.717) is 10.6 Å². The summed E-state index contributed by atoms with van der Waals surface area (Å²) in [5.41, 5.74) is 8.76. The zero-order valence-corrected chi connectivity index (χ0v) is 28.0. The first-order chi connectivity index (χ1) is 22.6. The van der Waals surface area contributed by atoms with Crippen molar-refractivity contribution in [3.8, 4) is 22.3 Å². The predicted molar refractivity (Wildman–Crippen MR) is 205 cm³/mol. The zero-order chi connectivity index (χ0) is 32.2. The van der Waals surface area contributed by atoms with E-state index in [-0.39, 0.29) is 11.5 Å². The molecule has 46 heavy (non-hydrogen) atoms. The molecule has 0 amide bonds. The first kappa shape index (κ1) is 33.1. The van der Waals surface area contributed by atoms with Gasteiger partial charge in [0.15, 0.2) is 5.75 Å². The van der Waals surface area contributed by atoms with Crippen LogP contribution in [0.5, 0.6) is 0 Å². The van der Waals surface area contributed by atoms with E-state index < -0.39 is 6.15 Å². The van der Waals surface area contributed by atoms with E-state index in [0.717, 1.165) is 22.3 Å². The Balaban J connectivity index is 0.000000181. The Kier molecular flexibility index (Phi) is 11.7. The van der Waals surface area contributed by atoms with Gasteiger partial charge in [-0.2, -0.15) is 22.7 Å². The lowest BCUT2D eigenvalue weighted by molar-refractivity contribution is 0.102. The number of hydrogen-bond donors (Lipinski definition) is 0. The van der Waals surface area contributed by atoms with Gasteiger partial charge in [0.1, 0.15) is 0 Å². The molecule has 230 valence electrons. The van der Waals surface area contributed by atoms with Gasteiger partial charge in [-0.25, -0.2) is 0 Å². The molecule has 0 atom stereocenters. The lowest BCUT2D eigenvalue weighted by Gasteiger charge is -2.43. The third kappa shape index (κ3) is 7.39. The normalized spacial score (nSPS) is 10.9. The van der Waals surface area contributed by atoms with Gasteiger partial charge in [0.2, 0.25) is 5.78 Å². The van der Waals surface area contributed by atoms with Crippen molar-refractivity contribution >= 4 is 52.5 Å². The molecule has 0 spiro atoms. The molecular formula is C42H40BClOS. The summed E-state index contributed by atoms with van der Waals surface area (Å²) >= 11 is 9.84. The molecule has 1 nitrogen and oxygen atoms in total. The molecule has 6 aromatic carbocycles. The first-order valence-electron chi connectivity index (χ1n) is 16.0. The quantitative estimate of drug-likeness (QED) is 0.0833. The van der Waals surface area contributed by atoms with Gasteiger partial charge < -0.3 is 0 Å². The molecule has 0 heterocycles. The Bertz CT molecular complexity index is 1720. The van der Waals surface area contributed by atoms with Crippen LogP contribution in [0.1, 0.15) is 30.1 Å². The fourth-order valence-electron chi connectivity index (χ4n) is 6.63. The van der Waals surface area contributed by atoms with E-state index in [1.54, 1.807) is 12.1 Å². The Labute approximate surface area is 284 Å². The van der Waals surface area contributed by atoms with Gasteiger partial charge >= 0.3 is 0 Å². The predicted octanol–water partition coefficient (Wildman–Crippen LogP) is 8.83. The van der Waals surface area contributed by atoms with Crippen molar-refractivity contribution in [3.05, 3.63) is 174 Å². The maximum atomic E-state index is 12.4. The van der Waals surface area contributed by atoms with Gasteiger partial charge in [0.25, 0.3) is 0 Å². The number of ketones is 1. The van der Waals surface area contributed by atoms with E-state index in [2.05, 4.69) is 111 Å². The third-order valence-corrected chi connectivity index (χ3v) is 9.47.